The summed E-state index contributed by atoms with van der Waals surface area (Å²) >= 11 is 3.69. The normalized spacial score (nSPS) is 11.8. The number of rotatable bonds is 5. The molecular formula is C53H31N3S2. The average molecular weight is 774 g/mol. The zero-order valence-corrected chi connectivity index (χ0v) is 32.7. The summed E-state index contributed by atoms with van der Waals surface area (Å²) in [7, 11) is 0. The van der Waals surface area contributed by atoms with Crippen LogP contribution in [0.1, 0.15) is 0 Å². The Morgan fingerprint density at radius 1 is 0.328 bits per heavy atom. The quantitative estimate of drug-likeness (QED) is 0.164. The van der Waals surface area contributed by atoms with Gasteiger partial charge in [0.2, 0.25) is 0 Å². The number of benzene rings is 8. The van der Waals surface area contributed by atoms with Gasteiger partial charge in [0.1, 0.15) is 0 Å². The van der Waals surface area contributed by atoms with Crippen molar-refractivity contribution in [2.75, 3.05) is 0 Å². The van der Waals surface area contributed by atoms with Crippen molar-refractivity contribution in [1.82, 2.24) is 15.0 Å². The highest BCUT2D eigenvalue weighted by molar-refractivity contribution is 7.26. The van der Waals surface area contributed by atoms with E-state index in [1.54, 1.807) is 0 Å². The lowest BCUT2D eigenvalue weighted by Gasteiger charge is -2.14. The molecule has 8 aromatic carbocycles. The van der Waals surface area contributed by atoms with E-state index < -0.39 is 0 Å². The van der Waals surface area contributed by atoms with Crippen LogP contribution in [-0.2, 0) is 0 Å². The van der Waals surface area contributed by atoms with Gasteiger partial charge in [-0.15, -0.1) is 22.7 Å². The Morgan fingerprint density at radius 2 is 0.966 bits per heavy atom. The molecule has 4 aromatic heterocycles. The summed E-state index contributed by atoms with van der Waals surface area (Å²) in [4.78, 5) is 15.8. The zero-order valence-electron chi connectivity index (χ0n) is 31.1. The van der Waals surface area contributed by atoms with Crippen molar-refractivity contribution in [3.63, 3.8) is 0 Å². The molecule has 4 heterocycles. The molecule has 12 rings (SSSR count). The molecule has 0 spiro atoms. The number of nitrogens with zero attached hydrogens (tertiary/aromatic N) is 3. The Bertz CT molecular complexity index is 3500. The maximum Gasteiger partial charge on any atom is 0.160 e. The van der Waals surface area contributed by atoms with E-state index in [4.69, 9.17) is 15.0 Å². The van der Waals surface area contributed by atoms with E-state index in [-0.39, 0.29) is 0 Å². The molecule has 0 aliphatic heterocycles. The van der Waals surface area contributed by atoms with Crippen molar-refractivity contribution in [1.29, 1.82) is 0 Å². The van der Waals surface area contributed by atoms with Gasteiger partial charge in [-0.25, -0.2) is 15.0 Å². The molecule has 0 N–H and O–H groups in total. The fourth-order valence-electron chi connectivity index (χ4n) is 8.61. The van der Waals surface area contributed by atoms with E-state index in [0.717, 1.165) is 61.8 Å². The first-order valence-corrected chi connectivity index (χ1v) is 21.1. The maximum absolute atomic E-state index is 5.56. The van der Waals surface area contributed by atoms with Crippen LogP contribution >= 0.6 is 22.7 Å². The van der Waals surface area contributed by atoms with Gasteiger partial charge in [0.05, 0.1) is 22.6 Å². The van der Waals surface area contributed by atoms with Crippen molar-refractivity contribution in [3.05, 3.63) is 188 Å². The third-order valence-corrected chi connectivity index (χ3v) is 13.6. The lowest BCUT2D eigenvalue weighted by Crippen LogP contribution is -1.95. The second kappa shape index (κ2) is 13.3. The van der Waals surface area contributed by atoms with E-state index >= 15 is 0 Å². The van der Waals surface area contributed by atoms with Gasteiger partial charge in [-0.05, 0) is 35.9 Å². The number of hydrogen-bond acceptors (Lipinski definition) is 5. The van der Waals surface area contributed by atoms with Crippen LogP contribution in [0.5, 0.6) is 0 Å². The minimum absolute atomic E-state index is 0.718. The van der Waals surface area contributed by atoms with E-state index in [0.29, 0.717) is 0 Å². The summed E-state index contributed by atoms with van der Waals surface area (Å²) in [5.74, 6) is 0.718. The summed E-state index contributed by atoms with van der Waals surface area (Å²) in [5.41, 5.74) is 10.4. The first kappa shape index (κ1) is 33.1. The van der Waals surface area contributed by atoms with E-state index in [1.165, 1.54) is 56.5 Å². The molecule has 0 fully saturated rings. The predicted molar refractivity (Wildman–Crippen MR) is 248 cm³/mol. The number of pyridine rings is 1. The Morgan fingerprint density at radius 3 is 1.78 bits per heavy atom. The van der Waals surface area contributed by atoms with Gasteiger partial charge in [-0.1, -0.05) is 158 Å². The fourth-order valence-corrected chi connectivity index (χ4v) is 10.9. The zero-order chi connectivity index (χ0) is 38.2. The monoisotopic (exact) mass is 773 g/mol. The Kier molecular flexibility index (Phi) is 7.58. The van der Waals surface area contributed by atoms with Crippen molar-refractivity contribution in [3.8, 4) is 56.3 Å². The van der Waals surface area contributed by atoms with Crippen LogP contribution < -0.4 is 0 Å². The topological polar surface area (TPSA) is 38.7 Å². The van der Waals surface area contributed by atoms with Gasteiger partial charge in [0.25, 0.3) is 0 Å². The number of para-hydroxylation sites is 1. The van der Waals surface area contributed by atoms with Crippen LogP contribution in [0.3, 0.4) is 0 Å². The molecule has 0 amide bonds. The summed E-state index contributed by atoms with van der Waals surface area (Å²) in [6, 6.07) is 67.0. The summed E-state index contributed by atoms with van der Waals surface area (Å²) in [6.45, 7) is 0. The lowest BCUT2D eigenvalue weighted by molar-refractivity contribution is 1.19. The number of fused-ring (bicyclic) bond motifs is 10. The largest absolute Gasteiger partial charge is 0.246 e. The maximum atomic E-state index is 5.56. The van der Waals surface area contributed by atoms with Crippen LogP contribution in [-0.4, -0.2) is 15.0 Å². The van der Waals surface area contributed by atoms with Crippen LogP contribution in [0.2, 0.25) is 0 Å². The molecule has 0 aliphatic rings. The van der Waals surface area contributed by atoms with Gasteiger partial charge < -0.3 is 0 Å². The Balaban J connectivity index is 1.08. The Labute approximate surface area is 342 Å². The highest BCUT2D eigenvalue weighted by Crippen LogP contribution is 2.46. The minimum Gasteiger partial charge on any atom is -0.246 e. The number of aromatic nitrogens is 3. The van der Waals surface area contributed by atoms with Crippen LogP contribution in [0, 0.1) is 0 Å². The molecule has 58 heavy (non-hydrogen) atoms. The van der Waals surface area contributed by atoms with E-state index in [2.05, 4.69) is 164 Å². The summed E-state index contributed by atoms with van der Waals surface area (Å²) < 4.78 is 5.05. The van der Waals surface area contributed by atoms with E-state index in [9.17, 15) is 0 Å². The number of thiophene rings is 2. The SMILES string of the molecule is c1ccc(-c2cc(-c3cccc4c3sc3ccc(-c5cccc6c5nc(-c5ccccc5)c5ccc7sc8ccccc8c7c56)cc34)nc(-c3ccccc3)n2)cc1. The molecule has 270 valence electrons. The molecular weight excluding hydrogens is 743 g/mol. The molecule has 0 unspecified atom stereocenters. The molecule has 0 atom stereocenters. The van der Waals surface area contributed by atoms with Crippen molar-refractivity contribution < 1.29 is 0 Å². The van der Waals surface area contributed by atoms with Gasteiger partial charge >= 0.3 is 0 Å². The van der Waals surface area contributed by atoms with Gasteiger partial charge in [-0.2, -0.15) is 0 Å². The average Bonchev–Trinajstić information content (AvgIpc) is 3.87. The lowest BCUT2D eigenvalue weighted by atomic mass is 9.93. The van der Waals surface area contributed by atoms with E-state index in [1.807, 2.05) is 46.9 Å². The van der Waals surface area contributed by atoms with Crippen LogP contribution in [0.4, 0.5) is 0 Å². The summed E-state index contributed by atoms with van der Waals surface area (Å²) in [5, 5.41) is 8.66. The molecule has 0 aliphatic carbocycles. The standard InChI is InChI=1S/C53H31N3S2/c1-4-14-32(15-5-1)43-31-44(55-53(54-43)34-18-8-3-9-19-34)38-23-13-22-37-42-30-35(26-28-46(42)58-52(37)38)36-21-12-24-40-48-41(50(56-51(36)40)33-16-6-2-7-17-33)27-29-47-49(48)39-20-10-11-25-45(39)57-47/h1-31H. The third-order valence-electron chi connectivity index (χ3n) is 11.3. The Hall–Kier alpha value is -7.05. The molecule has 0 saturated heterocycles. The first-order chi connectivity index (χ1) is 28.7. The summed E-state index contributed by atoms with van der Waals surface area (Å²) in [6.07, 6.45) is 0. The molecule has 5 heteroatoms. The predicted octanol–water partition coefficient (Wildman–Crippen LogP) is 15.2. The van der Waals surface area contributed by atoms with Crippen molar-refractivity contribution in [2.45, 2.75) is 0 Å². The second-order valence-electron chi connectivity index (χ2n) is 14.7. The number of hydrogen-bond donors (Lipinski definition) is 0. The fraction of sp³-hybridized carbons (Fsp3) is 0. The van der Waals surface area contributed by atoms with Gasteiger partial charge in [0.15, 0.2) is 5.82 Å². The molecule has 12 aromatic rings. The molecule has 0 saturated carbocycles. The minimum atomic E-state index is 0.718. The van der Waals surface area contributed by atoms with Crippen molar-refractivity contribution >= 4 is 84.7 Å². The van der Waals surface area contributed by atoms with Gasteiger partial charge in [0, 0.05) is 84.3 Å². The molecule has 0 bridgehead atoms. The smallest absolute Gasteiger partial charge is 0.160 e. The third kappa shape index (κ3) is 5.28. The first-order valence-electron chi connectivity index (χ1n) is 19.4. The molecule has 3 nitrogen and oxygen atoms in total. The highest BCUT2D eigenvalue weighted by atomic mass is 32.1. The van der Waals surface area contributed by atoms with Crippen molar-refractivity contribution in [2.24, 2.45) is 0 Å². The highest BCUT2D eigenvalue weighted by Gasteiger charge is 2.20. The van der Waals surface area contributed by atoms with Crippen LogP contribution in [0.15, 0.2) is 188 Å². The second-order valence-corrected chi connectivity index (χ2v) is 16.8. The van der Waals surface area contributed by atoms with Gasteiger partial charge in [-0.3, -0.25) is 0 Å². The molecule has 0 radical (unpaired) electrons. The van der Waals surface area contributed by atoms with Crippen LogP contribution in [0.25, 0.3) is 118 Å².